The van der Waals surface area contributed by atoms with Gasteiger partial charge in [0.15, 0.2) is 0 Å². The molecule has 2 heterocycles. The first-order valence-corrected chi connectivity index (χ1v) is 8.69. The minimum Gasteiger partial charge on any atom is -0.497 e. The summed E-state index contributed by atoms with van der Waals surface area (Å²) in [5.41, 5.74) is 0.862. The fourth-order valence-corrected chi connectivity index (χ4v) is 3.17. The summed E-state index contributed by atoms with van der Waals surface area (Å²) in [6.45, 7) is 0. The summed E-state index contributed by atoms with van der Waals surface area (Å²) in [4.78, 5) is 31.5. The minimum absolute atomic E-state index is 0.0763. The van der Waals surface area contributed by atoms with Crippen molar-refractivity contribution in [2.75, 3.05) is 14.2 Å². The van der Waals surface area contributed by atoms with Gasteiger partial charge in [-0.1, -0.05) is 18.2 Å². The van der Waals surface area contributed by atoms with Gasteiger partial charge in [-0.05, 0) is 24.3 Å². The number of aromatic hydroxyl groups is 1. The average Bonchev–Trinajstić information content (AvgIpc) is 3.14. The van der Waals surface area contributed by atoms with Crippen LogP contribution in [0.4, 0.5) is 5.69 Å². The first kappa shape index (κ1) is 18.3. The fraction of sp³-hybridized carbons (Fsp3) is 0.0952. The van der Waals surface area contributed by atoms with Crippen LogP contribution in [0.15, 0.2) is 57.0 Å². The van der Waals surface area contributed by atoms with Gasteiger partial charge in [0.1, 0.15) is 17.1 Å². The monoisotopic (exact) mass is 391 g/mol. The summed E-state index contributed by atoms with van der Waals surface area (Å²) in [7, 11) is 2.92. The van der Waals surface area contributed by atoms with Crippen LogP contribution in [0, 0.1) is 0 Å². The molecule has 146 valence electrons. The van der Waals surface area contributed by atoms with Crippen LogP contribution >= 0.6 is 0 Å². The van der Waals surface area contributed by atoms with E-state index < -0.39 is 17.1 Å². The molecule has 0 aliphatic carbocycles. The van der Waals surface area contributed by atoms with Crippen molar-refractivity contribution in [1.82, 2.24) is 9.55 Å². The number of ether oxygens (including phenoxy) is 2. The Morgan fingerprint density at radius 3 is 2.66 bits per heavy atom. The maximum atomic E-state index is 12.5. The van der Waals surface area contributed by atoms with E-state index in [1.165, 1.54) is 26.4 Å². The van der Waals surface area contributed by atoms with E-state index >= 15 is 0 Å². The molecule has 0 bridgehead atoms. The number of aromatic amines is 1. The molecule has 29 heavy (non-hydrogen) atoms. The molecule has 0 amide bonds. The van der Waals surface area contributed by atoms with Crippen LogP contribution in [0.25, 0.3) is 17.3 Å². The van der Waals surface area contributed by atoms with Gasteiger partial charge >= 0.3 is 5.69 Å². The Balaban J connectivity index is 1.95. The van der Waals surface area contributed by atoms with Crippen LogP contribution < -0.4 is 20.7 Å². The van der Waals surface area contributed by atoms with Crippen LogP contribution in [0.3, 0.4) is 0 Å². The number of hydrogen-bond acceptors (Lipinski definition) is 6. The minimum atomic E-state index is -0.804. The van der Waals surface area contributed by atoms with E-state index in [2.05, 4.69) is 9.98 Å². The Morgan fingerprint density at radius 2 is 1.90 bits per heavy atom. The predicted octanol–water partition coefficient (Wildman–Crippen LogP) is 2.51. The molecule has 0 unspecified atom stereocenters. The van der Waals surface area contributed by atoms with Crippen LogP contribution in [0.5, 0.6) is 17.4 Å². The van der Waals surface area contributed by atoms with E-state index in [-0.39, 0.29) is 11.3 Å². The highest BCUT2D eigenvalue weighted by atomic mass is 16.5. The zero-order valence-corrected chi connectivity index (χ0v) is 15.7. The third-order valence-electron chi connectivity index (χ3n) is 4.61. The van der Waals surface area contributed by atoms with Gasteiger partial charge in [-0.3, -0.25) is 14.8 Å². The van der Waals surface area contributed by atoms with Crippen molar-refractivity contribution in [3.63, 3.8) is 0 Å². The van der Waals surface area contributed by atoms with Gasteiger partial charge < -0.3 is 14.6 Å². The molecule has 8 nitrogen and oxygen atoms in total. The molecule has 4 rings (SSSR count). The van der Waals surface area contributed by atoms with E-state index in [0.717, 1.165) is 15.8 Å². The molecule has 2 aromatic carbocycles. The number of aliphatic imine (C=N–C) groups is 1. The maximum Gasteiger partial charge on any atom is 0.335 e. The first-order chi connectivity index (χ1) is 14.0. The number of fused-ring (bicyclic) bond motifs is 1. The van der Waals surface area contributed by atoms with Crippen molar-refractivity contribution >= 4 is 23.6 Å². The lowest BCUT2D eigenvalue weighted by molar-refractivity contribution is 0.393. The molecule has 0 saturated heterocycles. The fourth-order valence-electron chi connectivity index (χ4n) is 3.17. The number of hydrogen-bond donors (Lipinski definition) is 2. The molecule has 0 saturated carbocycles. The summed E-state index contributed by atoms with van der Waals surface area (Å²) >= 11 is 0. The molecule has 3 aromatic rings. The lowest BCUT2D eigenvalue weighted by Crippen LogP contribution is -2.30. The number of allylic oxidation sites excluding steroid dienone is 1. The average molecular weight is 391 g/mol. The van der Waals surface area contributed by atoms with Crippen molar-refractivity contribution in [1.29, 1.82) is 0 Å². The molecule has 0 spiro atoms. The van der Waals surface area contributed by atoms with Gasteiger partial charge in [-0.15, -0.1) is 0 Å². The standard InChI is InChI=1S/C21H17N3O5/c1-28-13-7-8-18(29-2)17(10-13)24-20(26)15(19(25)23-21(24)27)9-12-11-22-16-6-4-3-5-14(12)16/h3-11,26H,1-2H3,(H,23,25,27). The number of aromatic nitrogens is 2. The Kier molecular flexibility index (Phi) is 4.52. The SMILES string of the molecule is COc1ccc(OC)c(-n2c(O)c(C=C3C=Nc4ccccc43)c(=O)[nH]c2=O)c1. The second kappa shape index (κ2) is 7.16. The number of methoxy groups -OCH3 is 2. The van der Waals surface area contributed by atoms with Crippen molar-refractivity contribution < 1.29 is 14.6 Å². The summed E-state index contributed by atoms with van der Waals surface area (Å²) in [6, 6.07) is 12.2. The van der Waals surface area contributed by atoms with Crippen LogP contribution in [-0.4, -0.2) is 35.1 Å². The lowest BCUT2D eigenvalue weighted by Gasteiger charge is -2.14. The molecule has 2 N–H and O–H groups in total. The van der Waals surface area contributed by atoms with Gasteiger partial charge in [0.2, 0.25) is 5.88 Å². The maximum absolute atomic E-state index is 12.5. The third-order valence-corrected chi connectivity index (χ3v) is 4.61. The summed E-state index contributed by atoms with van der Waals surface area (Å²) < 4.78 is 11.5. The number of benzene rings is 2. The molecule has 0 radical (unpaired) electrons. The normalized spacial score (nSPS) is 13.5. The zero-order valence-electron chi connectivity index (χ0n) is 15.7. The summed E-state index contributed by atoms with van der Waals surface area (Å²) in [5.74, 6) is 0.257. The third kappa shape index (κ3) is 3.10. The van der Waals surface area contributed by atoms with Crippen LogP contribution in [-0.2, 0) is 0 Å². The quantitative estimate of drug-likeness (QED) is 0.711. The highest BCUT2D eigenvalue weighted by Crippen LogP contribution is 2.34. The van der Waals surface area contributed by atoms with Crippen LogP contribution in [0.1, 0.15) is 11.1 Å². The molecule has 1 aliphatic rings. The van der Waals surface area contributed by atoms with Crippen molar-refractivity contribution in [3.8, 4) is 23.1 Å². The molecule has 1 aromatic heterocycles. The van der Waals surface area contributed by atoms with E-state index in [0.29, 0.717) is 17.1 Å². The number of H-pyrrole nitrogens is 1. The van der Waals surface area contributed by atoms with Gasteiger partial charge in [-0.2, -0.15) is 0 Å². The lowest BCUT2D eigenvalue weighted by atomic mass is 10.1. The second-order valence-corrected chi connectivity index (χ2v) is 6.24. The highest BCUT2D eigenvalue weighted by Gasteiger charge is 2.20. The van der Waals surface area contributed by atoms with E-state index in [4.69, 9.17) is 9.47 Å². The highest BCUT2D eigenvalue weighted by molar-refractivity contribution is 6.21. The summed E-state index contributed by atoms with van der Waals surface area (Å²) in [5, 5.41) is 10.9. The Morgan fingerprint density at radius 1 is 1.10 bits per heavy atom. The molecule has 0 atom stereocenters. The second-order valence-electron chi connectivity index (χ2n) is 6.24. The summed E-state index contributed by atoms with van der Waals surface area (Å²) in [6.07, 6.45) is 3.09. The number of nitrogens with one attached hydrogen (secondary N) is 1. The molecular formula is C21H17N3O5. The van der Waals surface area contributed by atoms with Gasteiger partial charge in [-0.25, -0.2) is 9.36 Å². The van der Waals surface area contributed by atoms with E-state index in [1.807, 2.05) is 24.3 Å². The van der Waals surface area contributed by atoms with Crippen molar-refractivity contribution in [2.45, 2.75) is 0 Å². The number of rotatable bonds is 4. The van der Waals surface area contributed by atoms with E-state index in [1.54, 1.807) is 18.3 Å². The van der Waals surface area contributed by atoms with Crippen molar-refractivity contribution in [3.05, 3.63) is 74.4 Å². The molecular weight excluding hydrogens is 374 g/mol. The predicted molar refractivity (Wildman–Crippen MR) is 110 cm³/mol. The van der Waals surface area contributed by atoms with Gasteiger partial charge in [0.25, 0.3) is 5.56 Å². The number of nitrogens with zero attached hydrogens (tertiary/aromatic N) is 2. The van der Waals surface area contributed by atoms with E-state index in [9.17, 15) is 14.7 Å². The smallest absolute Gasteiger partial charge is 0.335 e. The zero-order chi connectivity index (χ0) is 20.5. The van der Waals surface area contributed by atoms with Crippen LogP contribution in [0.2, 0.25) is 0 Å². The molecule has 8 heteroatoms. The molecule has 0 fully saturated rings. The Labute approximate surface area is 165 Å². The molecule has 1 aliphatic heterocycles. The van der Waals surface area contributed by atoms with Crippen molar-refractivity contribution in [2.24, 2.45) is 4.99 Å². The van der Waals surface area contributed by atoms with Gasteiger partial charge in [0.05, 0.1) is 25.6 Å². The Bertz CT molecular complexity index is 1280. The topological polar surface area (TPSA) is 106 Å². The Hall–Kier alpha value is -4.07. The first-order valence-electron chi connectivity index (χ1n) is 8.69. The van der Waals surface area contributed by atoms with Gasteiger partial charge in [0, 0.05) is 23.4 Å². The number of para-hydroxylation sites is 1. The largest absolute Gasteiger partial charge is 0.497 e.